The van der Waals surface area contributed by atoms with E-state index >= 15 is 0 Å². The smallest absolute Gasteiger partial charge is 0.389 e. The Balaban J connectivity index is 1.69. The van der Waals surface area contributed by atoms with E-state index in [1.807, 2.05) is 0 Å². The van der Waals surface area contributed by atoms with Crippen LogP contribution in [0.2, 0.25) is 0 Å². The number of pyridine rings is 2. The number of aryl methyl sites for hydroxylation is 1. The van der Waals surface area contributed by atoms with Gasteiger partial charge in [-0.2, -0.15) is 13.2 Å². The first-order valence-electron chi connectivity index (χ1n) is 11.7. The zero-order valence-electron chi connectivity index (χ0n) is 20.2. The third kappa shape index (κ3) is 5.45. The summed E-state index contributed by atoms with van der Waals surface area (Å²) in [7, 11) is 0. The van der Waals surface area contributed by atoms with Crippen LogP contribution in [0.5, 0.6) is 0 Å². The number of alkyl halides is 5. The minimum Gasteiger partial charge on any atom is -0.437 e. The van der Waals surface area contributed by atoms with Crippen molar-refractivity contribution in [1.82, 2.24) is 15.3 Å². The van der Waals surface area contributed by atoms with Crippen LogP contribution >= 0.6 is 0 Å². The molecule has 5 aromatic rings. The van der Waals surface area contributed by atoms with Gasteiger partial charge >= 0.3 is 6.18 Å². The topological polar surface area (TPSA) is 88.0 Å². The van der Waals surface area contributed by atoms with Gasteiger partial charge in [0.15, 0.2) is 5.58 Å². The molecular weight excluding hydrogens is 528 g/mol. The van der Waals surface area contributed by atoms with Gasteiger partial charge in [-0.3, -0.25) is 9.59 Å². The molecule has 39 heavy (non-hydrogen) atoms. The Morgan fingerprint density at radius 3 is 2.54 bits per heavy atom. The molecule has 3 aromatic heterocycles. The molecule has 0 aliphatic heterocycles. The number of benzene rings is 2. The molecule has 202 valence electrons. The van der Waals surface area contributed by atoms with Crippen LogP contribution in [-0.4, -0.2) is 34.5 Å². The first-order chi connectivity index (χ1) is 18.3. The minimum absolute atomic E-state index is 0.00142. The lowest BCUT2D eigenvalue weighted by atomic mass is 9.97. The fourth-order valence-corrected chi connectivity index (χ4v) is 4.34. The van der Waals surface area contributed by atoms with E-state index in [9.17, 15) is 35.9 Å². The summed E-state index contributed by atoms with van der Waals surface area (Å²) < 4.78 is 85.3. The molecule has 5 rings (SSSR count). The van der Waals surface area contributed by atoms with Gasteiger partial charge in [-0.15, -0.1) is 0 Å². The molecule has 3 heterocycles. The Hall–Kier alpha value is -4.35. The number of aromatic amines is 1. The second kappa shape index (κ2) is 9.44. The third-order valence-electron chi connectivity index (χ3n) is 6.10. The number of aromatic nitrogens is 2. The Kier molecular flexibility index (Phi) is 6.36. The lowest BCUT2D eigenvalue weighted by Crippen LogP contribution is -2.34. The fraction of sp³-hybridized carbons (Fsp3) is 0.222. The first-order valence-corrected chi connectivity index (χ1v) is 11.7. The number of fused-ring (bicyclic) bond motifs is 5. The van der Waals surface area contributed by atoms with Gasteiger partial charge in [0.1, 0.15) is 5.82 Å². The van der Waals surface area contributed by atoms with E-state index < -0.39 is 48.8 Å². The summed E-state index contributed by atoms with van der Waals surface area (Å²) in [6.07, 6.45) is -6.23. The monoisotopic (exact) mass is 547 g/mol. The summed E-state index contributed by atoms with van der Waals surface area (Å²) in [5, 5.41) is 2.75. The van der Waals surface area contributed by atoms with Crippen LogP contribution in [0.1, 0.15) is 29.4 Å². The van der Waals surface area contributed by atoms with Crippen LogP contribution in [0.25, 0.3) is 44.1 Å². The predicted molar refractivity (Wildman–Crippen MR) is 132 cm³/mol. The van der Waals surface area contributed by atoms with Crippen molar-refractivity contribution in [3.8, 4) is 11.1 Å². The van der Waals surface area contributed by atoms with Crippen molar-refractivity contribution in [1.29, 1.82) is 0 Å². The standard InChI is InChI=1S/C27H19F6N3O3/c1-26(29,30)12-34-23(37)14-4-2-3-13(9-14)17-11-18-21-22(16-6-5-15(28)10-20(16)35-24(21)38)39-25(18)36-19(17)7-8-27(31,32)33/h2-6,9-11H,7-8,12H2,1H3,(H,34,37)(H,35,38). The van der Waals surface area contributed by atoms with Crippen LogP contribution in [-0.2, 0) is 6.42 Å². The van der Waals surface area contributed by atoms with Gasteiger partial charge in [0.25, 0.3) is 17.4 Å². The number of H-pyrrole nitrogens is 1. The summed E-state index contributed by atoms with van der Waals surface area (Å²) in [5.41, 5.74) is 0.0160. The molecule has 2 aromatic carbocycles. The van der Waals surface area contributed by atoms with E-state index in [-0.39, 0.29) is 50.0 Å². The lowest BCUT2D eigenvalue weighted by Gasteiger charge is -2.13. The van der Waals surface area contributed by atoms with Crippen molar-refractivity contribution in [2.45, 2.75) is 31.9 Å². The molecule has 0 atom stereocenters. The fourth-order valence-electron chi connectivity index (χ4n) is 4.34. The second-order valence-electron chi connectivity index (χ2n) is 9.23. The number of carbonyl (C=O) groups is 1. The number of rotatable bonds is 6. The Morgan fingerprint density at radius 1 is 1.05 bits per heavy atom. The summed E-state index contributed by atoms with van der Waals surface area (Å²) in [5.74, 6) is -4.53. The average molecular weight is 547 g/mol. The summed E-state index contributed by atoms with van der Waals surface area (Å²) >= 11 is 0. The first kappa shape index (κ1) is 26.3. The molecule has 0 saturated heterocycles. The van der Waals surface area contributed by atoms with Gasteiger partial charge in [-0.25, -0.2) is 18.2 Å². The number of nitrogens with zero attached hydrogens (tertiary/aromatic N) is 1. The van der Waals surface area contributed by atoms with Gasteiger partial charge < -0.3 is 14.7 Å². The predicted octanol–water partition coefficient (Wildman–Crippen LogP) is 6.51. The Morgan fingerprint density at radius 2 is 1.82 bits per heavy atom. The molecule has 0 fully saturated rings. The summed E-state index contributed by atoms with van der Waals surface area (Å²) in [6.45, 7) is -0.254. The van der Waals surface area contributed by atoms with Crippen molar-refractivity contribution in [3.05, 3.63) is 76.0 Å². The number of nitrogens with one attached hydrogen (secondary N) is 2. The van der Waals surface area contributed by atoms with E-state index in [4.69, 9.17) is 4.42 Å². The van der Waals surface area contributed by atoms with E-state index in [2.05, 4.69) is 15.3 Å². The molecule has 0 saturated carbocycles. The molecule has 0 aliphatic rings. The highest BCUT2D eigenvalue weighted by Gasteiger charge is 2.28. The number of hydrogen-bond acceptors (Lipinski definition) is 4. The Labute approximate surface area is 215 Å². The highest BCUT2D eigenvalue weighted by molar-refractivity contribution is 6.13. The van der Waals surface area contributed by atoms with E-state index in [1.54, 1.807) is 0 Å². The van der Waals surface area contributed by atoms with Gasteiger partial charge in [-0.05, 0) is 48.4 Å². The van der Waals surface area contributed by atoms with Gasteiger partial charge in [-0.1, -0.05) is 12.1 Å². The van der Waals surface area contributed by atoms with Crippen molar-refractivity contribution < 1.29 is 35.6 Å². The third-order valence-corrected chi connectivity index (χ3v) is 6.10. The van der Waals surface area contributed by atoms with Crippen molar-refractivity contribution in [2.24, 2.45) is 0 Å². The Bertz CT molecular complexity index is 1800. The SMILES string of the molecule is CC(F)(F)CNC(=O)c1cccc(-c2cc3c(nc2CCC(F)(F)F)oc2c4ccc(F)cc4[nH]c(=O)c32)c1. The molecule has 0 unspecified atom stereocenters. The zero-order chi connectivity index (χ0) is 28.1. The average Bonchev–Trinajstić information content (AvgIpc) is 3.23. The quantitative estimate of drug-likeness (QED) is 0.237. The number of amides is 1. The number of halogens is 6. The molecule has 0 radical (unpaired) electrons. The molecule has 2 N–H and O–H groups in total. The molecule has 12 heteroatoms. The van der Waals surface area contributed by atoms with Gasteiger partial charge in [0, 0.05) is 29.9 Å². The number of carbonyl (C=O) groups excluding carboxylic acids is 1. The van der Waals surface area contributed by atoms with Crippen LogP contribution in [0.15, 0.2) is 57.7 Å². The van der Waals surface area contributed by atoms with Crippen molar-refractivity contribution in [2.75, 3.05) is 6.54 Å². The molecule has 6 nitrogen and oxygen atoms in total. The van der Waals surface area contributed by atoms with E-state index in [1.165, 1.54) is 42.5 Å². The molecule has 1 amide bonds. The molecular formula is C27H19F6N3O3. The van der Waals surface area contributed by atoms with E-state index in [0.29, 0.717) is 12.3 Å². The van der Waals surface area contributed by atoms with Crippen LogP contribution in [0.4, 0.5) is 26.3 Å². The highest BCUT2D eigenvalue weighted by Crippen LogP contribution is 2.36. The normalized spacial score (nSPS) is 12.5. The largest absolute Gasteiger partial charge is 0.437 e. The van der Waals surface area contributed by atoms with Gasteiger partial charge in [0.2, 0.25) is 5.71 Å². The maximum atomic E-state index is 13.7. The maximum absolute atomic E-state index is 13.7. The molecule has 0 spiro atoms. The van der Waals surface area contributed by atoms with Crippen LogP contribution in [0.3, 0.4) is 0 Å². The summed E-state index contributed by atoms with van der Waals surface area (Å²) in [4.78, 5) is 32.3. The van der Waals surface area contributed by atoms with Gasteiger partial charge in [0.05, 0.1) is 28.5 Å². The zero-order valence-corrected chi connectivity index (χ0v) is 20.2. The number of furan rings is 1. The van der Waals surface area contributed by atoms with Crippen LogP contribution < -0.4 is 10.9 Å². The highest BCUT2D eigenvalue weighted by atomic mass is 19.4. The second-order valence-corrected chi connectivity index (χ2v) is 9.23. The molecule has 0 bridgehead atoms. The van der Waals surface area contributed by atoms with Crippen molar-refractivity contribution >= 4 is 38.9 Å². The van der Waals surface area contributed by atoms with E-state index in [0.717, 1.165) is 6.07 Å². The minimum atomic E-state index is -4.49. The molecule has 0 aliphatic carbocycles. The summed E-state index contributed by atoms with van der Waals surface area (Å²) in [6, 6.07) is 10.8. The lowest BCUT2D eigenvalue weighted by molar-refractivity contribution is -0.134. The van der Waals surface area contributed by atoms with Crippen molar-refractivity contribution in [3.63, 3.8) is 0 Å². The van der Waals surface area contributed by atoms with Crippen LogP contribution in [0, 0.1) is 5.82 Å². The maximum Gasteiger partial charge on any atom is 0.389 e. The number of hydrogen-bond donors (Lipinski definition) is 2.